The summed E-state index contributed by atoms with van der Waals surface area (Å²) in [7, 11) is 0. The third kappa shape index (κ3) is 1.79. The molecule has 0 bridgehead atoms. The molecular formula is C16H23NO. The monoisotopic (exact) mass is 245 g/mol. The molecule has 2 saturated heterocycles. The van der Waals surface area contributed by atoms with Gasteiger partial charge in [0.2, 0.25) is 0 Å². The second-order valence-corrected chi connectivity index (χ2v) is 6.14. The van der Waals surface area contributed by atoms with Gasteiger partial charge in [0.05, 0.1) is 0 Å². The summed E-state index contributed by atoms with van der Waals surface area (Å²) in [5.74, 6) is 0.556. The topological polar surface area (TPSA) is 23.5 Å². The Morgan fingerprint density at radius 1 is 1.22 bits per heavy atom. The van der Waals surface area contributed by atoms with E-state index in [9.17, 15) is 5.11 Å². The van der Waals surface area contributed by atoms with E-state index in [1.807, 2.05) is 0 Å². The summed E-state index contributed by atoms with van der Waals surface area (Å²) in [6.45, 7) is 6.63. The normalized spacial score (nSPS) is 32.1. The minimum atomic E-state index is -0.605. The molecule has 2 heterocycles. The van der Waals surface area contributed by atoms with Gasteiger partial charge in [-0.2, -0.15) is 0 Å². The highest BCUT2D eigenvalue weighted by Crippen LogP contribution is 2.42. The molecule has 2 aliphatic heterocycles. The van der Waals surface area contributed by atoms with Gasteiger partial charge in [0, 0.05) is 12.6 Å². The maximum absolute atomic E-state index is 11.0. The first-order valence-electron chi connectivity index (χ1n) is 7.18. The molecule has 2 unspecified atom stereocenters. The van der Waals surface area contributed by atoms with Crippen LogP contribution in [0.2, 0.25) is 0 Å². The van der Waals surface area contributed by atoms with E-state index in [0.29, 0.717) is 12.0 Å². The third-order valence-corrected chi connectivity index (χ3v) is 4.77. The average Bonchev–Trinajstić information content (AvgIpc) is 2.95. The number of hydrogen-bond donors (Lipinski definition) is 1. The Balaban J connectivity index is 1.89. The molecule has 1 N–H and O–H groups in total. The zero-order valence-electron chi connectivity index (χ0n) is 11.4. The molecule has 0 aliphatic carbocycles. The Labute approximate surface area is 110 Å². The van der Waals surface area contributed by atoms with Gasteiger partial charge in [0.25, 0.3) is 0 Å². The van der Waals surface area contributed by atoms with E-state index in [0.717, 1.165) is 31.5 Å². The van der Waals surface area contributed by atoms with Crippen LogP contribution in [0.15, 0.2) is 24.3 Å². The van der Waals surface area contributed by atoms with Gasteiger partial charge < -0.3 is 5.11 Å². The van der Waals surface area contributed by atoms with Crippen LogP contribution in [0.4, 0.5) is 0 Å². The minimum absolute atomic E-state index is 0.349. The maximum Gasteiger partial charge on any atom is 0.106 e. The summed E-state index contributed by atoms with van der Waals surface area (Å²) >= 11 is 0. The van der Waals surface area contributed by atoms with Gasteiger partial charge in [-0.15, -0.1) is 0 Å². The standard InChI is InChI=1S/C16H23NO/c1-12(2)13-5-7-14(8-6-13)16(18)9-11-17-10-3-4-15(16)17/h5-8,12,15,18H,3-4,9-11H2,1-2H3. The summed E-state index contributed by atoms with van der Waals surface area (Å²) in [5.41, 5.74) is 1.86. The molecule has 3 rings (SSSR count). The number of benzene rings is 1. The molecule has 2 atom stereocenters. The molecule has 2 aliphatic rings. The van der Waals surface area contributed by atoms with Crippen LogP contribution in [-0.2, 0) is 5.60 Å². The minimum Gasteiger partial charge on any atom is -0.383 e. The lowest BCUT2D eigenvalue weighted by Gasteiger charge is -2.30. The highest BCUT2D eigenvalue weighted by atomic mass is 16.3. The van der Waals surface area contributed by atoms with Crippen molar-refractivity contribution >= 4 is 0 Å². The molecule has 2 fully saturated rings. The van der Waals surface area contributed by atoms with Crippen molar-refractivity contribution in [2.75, 3.05) is 13.1 Å². The lowest BCUT2D eigenvalue weighted by Crippen LogP contribution is -2.38. The van der Waals surface area contributed by atoms with Gasteiger partial charge in [-0.3, -0.25) is 4.90 Å². The zero-order valence-corrected chi connectivity index (χ0v) is 11.4. The van der Waals surface area contributed by atoms with E-state index < -0.39 is 5.60 Å². The van der Waals surface area contributed by atoms with Crippen molar-refractivity contribution in [1.29, 1.82) is 0 Å². The van der Waals surface area contributed by atoms with Crippen molar-refractivity contribution in [3.05, 3.63) is 35.4 Å². The zero-order chi connectivity index (χ0) is 12.8. The Kier molecular flexibility index (Phi) is 2.95. The second-order valence-electron chi connectivity index (χ2n) is 6.14. The molecular weight excluding hydrogens is 222 g/mol. The van der Waals surface area contributed by atoms with E-state index in [1.54, 1.807) is 0 Å². The third-order valence-electron chi connectivity index (χ3n) is 4.77. The SMILES string of the molecule is CC(C)c1ccc(C2(O)CCN3CCCC32)cc1. The fourth-order valence-corrected chi connectivity index (χ4v) is 3.61. The van der Waals surface area contributed by atoms with Crippen LogP contribution in [0.3, 0.4) is 0 Å². The molecule has 0 aromatic heterocycles. The van der Waals surface area contributed by atoms with Crippen LogP contribution in [-0.4, -0.2) is 29.1 Å². The predicted octanol–water partition coefficient (Wildman–Crippen LogP) is 2.87. The van der Waals surface area contributed by atoms with Crippen molar-refractivity contribution < 1.29 is 5.11 Å². The number of rotatable bonds is 2. The number of hydrogen-bond acceptors (Lipinski definition) is 2. The summed E-state index contributed by atoms with van der Waals surface area (Å²) in [6, 6.07) is 8.97. The van der Waals surface area contributed by atoms with Gasteiger partial charge in [-0.25, -0.2) is 0 Å². The van der Waals surface area contributed by atoms with E-state index in [4.69, 9.17) is 0 Å². The summed E-state index contributed by atoms with van der Waals surface area (Å²) in [6.07, 6.45) is 3.26. The Morgan fingerprint density at radius 3 is 2.61 bits per heavy atom. The van der Waals surface area contributed by atoms with Crippen molar-refractivity contribution in [2.45, 2.75) is 50.7 Å². The van der Waals surface area contributed by atoms with Crippen LogP contribution < -0.4 is 0 Å². The van der Waals surface area contributed by atoms with E-state index in [-0.39, 0.29) is 0 Å². The number of nitrogens with zero attached hydrogens (tertiary/aromatic N) is 1. The van der Waals surface area contributed by atoms with Crippen LogP contribution >= 0.6 is 0 Å². The van der Waals surface area contributed by atoms with Gasteiger partial charge in [0.1, 0.15) is 5.60 Å². The number of aliphatic hydroxyl groups is 1. The Hall–Kier alpha value is -0.860. The molecule has 2 heteroatoms. The quantitative estimate of drug-likeness (QED) is 0.866. The van der Waals surface area contributed by atoms with Crippen LogP contribution in [0.1, 0.15) is 50.2 Å². The van der Waals surface area contributed by atoms with Gasteiger partial charge in [0.15, 0.2) is 0 Å². The molecule has 0 amide bonds. The predicted molar refractivity (Wildman–Crippen MR) is 73.6 cm³/mol. The van der Waals surface area contributed by atoms with Crippen LogP contribution in [0.25, 0.3) is 0 Å². The molecule has 0 radical (unpaired) electrons. The Bertz CT molecular complexity index is 425. The van der Waals surface area contributed by atoms with E-state index >= 15 is 0 Å². The fourth-order valence-electron chi connectivity index (χ4n) is 3.61. The summed E-state index contributed by atoms with van der Waals surface area (Å²) in [4.78, 5) is 2.45. The smallest absolute Gasteiger partial charge is 0.106 e. The summed E-state index contributed by atoms with van der Waals surface area (Å²) < 4.78 is 0. The van der Waals surface area contributed by atoms with Crippen molar-refractivity contribution in [2.24, 2.45) is 0 Å². The molecule has 1 aromatic rings. The van der Waals surface area contributed by atoms with Crippen LogP contribution in [0.5, 0.6) is 0 Å². The van der Waals surface area contributed by atoms with E-state index in [2.05, 4.69) is 43.0 Å². The van der Waals surface area contributed by atoms with Crippen molar-refractivity contribution in [3.63, 3.8) is 0 Å². The maximum atomic E-state index is 11.0. The van der Waals surface area contributed by atoms with Crippen LogP contribution in [0, 0.1) is 0 Å². The number of fused-ring (bicyclic) bond motifs is 1. The molecule has 98 valence electrons. The van der Waals surface area contributed by atoms with Crippen molar-refractivity contribution in [1.82, 2.24) is 4.90 Å². The molecule has 2 nitrogen and oxygen atoms in total. The highest BCUT2D eigenvalue weighted by molar-refractivity contribution is 5.31. The average molecular weight is 245 g/mol. The molecule has 1 aromatic carbocycles. The Morgan fingerprint density at radius 2 is 1.94 bits per heavy atom. The highest BCUT2D eigenvalue weighted by Gasteiger charge is 2.48. The summed E-state index contributed by atoms with van der Waals surface area (Å²) in [5, 5.41) is 11.0. The molecule has 0 saturated carbocycles. The largest absolute Gasteiger partial charge is 0.383 e. The first-order chi connectivity index (χ1) is 8.61. The van der Waals surface area contributed by atoms with Gasteiger partial charge in [-0.1, -0.05) is 38.1 Å². The first-order valence-corrected chi connectivity index (χ1v) is 7.18. The lowest BCUT2D eigenvalue weighted by atomic mass is 9.84. The fraction of sp³-hybridized carbons (Fsp3) is 0.625. The molecule has 0 spiro atoms. The van der Waals surface area contributed by atoms with Gasteiger partial charge in [-0.05, 0) is 42.9 Å². The van der Waals surface area contributed by atoms with Crippen molar-refractivity contribution in [3.8, 4) is 0 Å². The molecule has 18 heavy (non-hydrogen) atoms. The van der Waals surface area contributed by atoms with E-state index in [1.165, 1.54) is 12.0 Å². The lowest BCUT2D eigenvalue weighted by molar-refractivity contribution is 0.00936. The first kappa shape index (κ1) is 12.2. The van der Waals surface area contributed by atoms with Gasteiger partial charge >= 0.3 is 0 Å². The second kappa shape index (κ2) is 4.36.